The van der Waals surface area contributed by atoms with Crippen molar-refractivity contribution in [3.63, 3.8) is 0 Å². The van der Waals surface area contributed by atoms with Crippen LogP contribution in [0.15, 0.2) is 23.1 Å². The van der Waals surface area contributed by atoms with E-state index >= 15 is 0 Å². The summed E-state index contributed by atoms with van der Waals surface area (Å²) in [5.41, 5.74) is 10.2. The van der Waals surface area contributed by atoms with Gasteiger partial charge in [0.15, 0.2) is 9.84 Å². The van der Waals surface area contributed by atoms with Crippen molar-refractivity contribution in [1.82, 2.24) is 0 Å². The number of hydrogen-bond donors (Lipinski definition) is 2. The summed E-state index contributed by atoms with van der Waals surface area (Å²) < 4.78 is 22.7. The number of nitrogens with two attached hydrogens (primary N) is 2. The second kappa shape index (κ2) is 5.33. The van der Waals surface area contributed by atoms with Crippen molar-refractivity contribution in [3.05, 3.63) is 33.9 Å². The number of benzene rings is 1. The van der Waals surface area contributed by atoms with Gasteiger partial charge in [-0.15, -0.1) is 0 Å². The molecule has 4 N–H and O–H groups in total. The minimum Gasteiger partial charge on any atom is -0.370 e. The van der Waals surface area contributed by atoms with Gasteiger partial charge in [-0.2, -0.15) is 0 Å². The van der Waals surface area contributed by atoms with Gasteiger partial charge in [0.05, 0.1) is 9.82 Å². The van der Waals surface area contributed by atoms with Gasteiger partial charge in [-0.1, -0.05) is 0 Å². The molecule has 0 aliphatic rings. The van der Waals surface area contributed by atoms with Gasteiger partial charge in [0.25, 0.3) is 5.69 Å². The van der Waals surface area contributed by atoms with Crippen molar-refractivity contribution in [1.29, 1.82) is 0 Å². The van der Waals surface area contributed by atoms with E-state index in [1.54, 1.807) is 0 Å². The predicted molar refractivity (Wildman–Crippen MR) is 66.9 cm³/mol. The van der Waals surface area contributed by atoms with Gasteiger partial charge in [-0.05, 0) is 12.1 Å². The van der Waals surface area contributed by atoms with E-state index in [-0.39, 0.29) is 16.9 Å². The lowest BCUT2D eigenvalue weighted by Gasteiger charge is -2.11. The summed E-state index contributed by atoms with van der Waals surface area (Å²) in [5, 5.41) is 10.9. The Balaban J connectivity index is 3.34. The highest BCUT2D eigenvalue weighted by Gasteiger charge is 2.23. The molecule has 1 amide bonds. The number of hydrogen-bond acceptors (Lipinski definition) is 6. The van der Waals surface area contributed by atoms with Gasteiger partial charge in [0.1, 0.15) is 0 Å². The molecule has 1 aromatic rings. The first-order chi connectivity index (χ1) is 8.62. The average Bonchev–Trinajstić information content (AvgIpc) is 2.25. The van der Waals surface area contributed by atoms with Crippen LogP contribution in [0, 0.1) is 10.1 Å². The summed E-state index contributed by atoms with van der Waals surface area (Å²) >= 11 is 0. The van der Waals surface area contributed by atoms with Crippen LogP contribution in [0.5, 0.6) is 0 Å². The number of sulfone groups is 1. The molecule has 1 aromatic carbocycles. The van der Waals surface area contributed by atoms with Crippen molar-refractivity contribution in [2.24, 2.45) is 11.5 Å². The highest BCUT2D eigenvalue weighted by Crippen LogP contribution is 2.28. The van der Waals surface area contributed by atoms with E-state index in [0.29, 0.717) is 0 Å². The van der Waals surface area contributed by atoms with E-state index in [2.05, 4.69) is 0 Å². The Labute approximate surface area is 109 Å². The number of primary amides is 1. The van der Waals surface area contributed by atoms with Crippen LogP contribution < -0.4 is 11.5 Å². The van der Waals surface area contributed by atoms with E-state index in [0.717, 1.165) is 12.3 Å². The number of carbonyl (C=O) groups excluding carboxylic acids is 1. The molecular weight excluding hydrogens is 274 g/mol. The van der Waals surface area contributed by atoms with Crippen LogP contribution in [0.25, 0.3) is 0 Å². The fraction of sp³-hybridized carbons (Fsp3) is 0.300. The van der Waals surface area contributed by atoms with E-state index < -0.39 is 32.4 Å². The lowest BCUT2D eigenvalue weighted by molar-refractivity contribution is -0.385. The summed E-state index contributed by atoms with van der Waals surface area (Å²) in [7, 11) is -3.56. The molecule has 0 spiro atoms. The van der Waals surface area contributed by atoms with Crippen LogP contribution in [-0.2, 0) is 14.6 Å². The number of nitro benzene ring substituents is 1. The Hall–Kier alpha value is -2.00. The molecule has 19 heavy (non-hydrogen) atoms. The Morgan fingerprint density at radius 1 is 1.47 bits per heavy atom. The zero-order valence-electron chi connectivity index (χ0n) is 10.1. The first-order valence-electron chi connectivity index (χ1n) is 5.15. The van der Waals surface area contributed by atoms with Gasteiger partial charge in [0.2, 0.25) is 5.91 Å². The van der Waals surface area contributed by atoms with Gasteiger partial charge in [-0.3, -0.25) is 14.9 Å². The summed E-state index contributed by atoms with van der Waals surface area (Å²) in [4.78, 5) is 20.8. The molecule has 1 unspecified atom stereocenters. The Bertz CT molecular complexity index is 626. The Kier molecular flexibility index (Phi) is 4.22. The number of nitro groups is 1. The second-order valence-electron chi connectivity index (χ2n) is 4.03. The monoisotopic (exact) mass is 287 g/mol. The Morgan fingerprint density at radius 3 is 2.47 bits per heavy atom. The molecule has 8 nitrogen and oxygen atoms in total. The summed E-state index contributed by atoms with van der Waals surface area (Å²) in [6, 6.07) is 2.40. The molecule has 0 saturated carbocycles. The fourth-order valence-electron chi connectivity index (χ4n) is 1.55. The van der Waals surface area contributed by atoms with Crippen LogP contribution in [0.1, 0.15) is 18.0 Å². The molecule has 104 valence electrons. The SMILES string of the molecule is CS(=O)(=O)c1ccc(C(N)CC(N)=O)c([N+](=O)[O-])c1. The molecule has 9 heteroatoms. The van der Waals surface area contributed by atoms with Gasteiger partial charge in [-0.25, -0.2) is 8.42 Å². The fourth-order valence-corrected chi connectivity index (χ4v) is 2.19. The maximum absolute atomic E-state index is 11.3. The van der Waals surface area contributed by atoms with Crippen molar-refractivity contribution in [3.8, 4) is 0 Å². The van der Waals surface area contributed by atoms with Gasteiger partial charge < -0.3 is 11.5 Å². The zero-order valence-corrected chi connectivity index (χ0v) is 10.9. The van der Waals surface area contributed by atoms with Gasteiger partial charge in [0, 0.05) is 30.3 Å². The molecule has 0 aliphatic carbocycles. The third kappa shape index (κ3) is 3.73. The van der Waals surface area contributed by atoms with E-state index in [1.807, 2.05) is 0 Å². The quantitative estimate of drug-likeness (QED) is 0.569. The maximum Gasteiger partial charge on any atom is 0.275 e. The lowest BCUT2D eigenvalue weighted by Crippen LogP contribution is -2.21. The summed E-state index contributed by atoms with van der Waals surface area (Å²) in [5.74, 6) is -0.700. The molecule has 1 atom stereocenters. The molecule has 1 rings (SSSR count). The van der Waals surface area contributed by atoms with E-state index in [9.17, 15) is 23.3 Å². The third-order valence-electron chi connectivity index (χ3n) is 2.45. The first-order valence-corrected chi connectivity index (χ1v) is 7.04. The van der Waals surface area contributed by atoms with Gasteiger partial charge >= 0.3 is 0 Å². The average molecular weight is 287 g/mol. The molecule has 0 fully saturated rings. The molecule has 0 heterocycles. The first kappa shape index (κ1) is 15.1. The van der Waals surface area contributed by atoms with Crippen LogP contribution in [0.4, 0.5) is 5.69 Å². The number of nitrogens with zero attached hydrogens (tertiary/aromatic N) is 1. The minimum absolute atomic E-state index is 0.0659. The number of amides is 1. The summed E-state index contributed by atoms with van der Waals surface area (Å²) in [6.45, 7) is 0. The predicted octanol–water partition coefficient (Wildman–Crippen LogP) is -0.126. The number of carbonyl (C=O) groups is 1. The lowest BCUT2D eigenvalue weighted by atomic mass is 10.0. The topological polar surface area (TPSA) is 146 Å². The van der Waals surface area contributed by atoms with Crippen molar-refractivity contribution >= 4 is 21.4 Å². The largest absolute Gasteiger partial charge is 0.370 e. The van der Waals surface area contributed by atoms with Crippen LogP contribution in [-0.4, -0.2) is 25.5 Å². The molecule has 0 bridgehead atoms. The zero-order chi connectivity index (χ0) is 14.8. The van der Waals surface area contributed by atoms with Crippen molar-refractivity contribution < 1.29 is 18.1 Å². The minimum atomic E-state index is -3.56. The van der Waals surface area contributed by atoms with E-state index in [1.165, 1.54) is 12.1 Å². The van der Waals surface area contributed by atoms with Crippen LogP contribution >= 0.6 is 0 Å². The maximum atomic E-state index is 11.3. The van der Waals surface area contributed by atoms with Crippen LogP contribution in [0.2, 0.25) is 0 Å². The molecule has 0 radical (unpaired) electrons. The molecular formula is C10H13N3O5S. The normalized spacial score (nSPS) is 12.9. The molecule has 0 aromatic heterocycles. The number of rotatable bonds is 5. The van der Waals surface area contributed by atoms with Crippen LogP contribution in [0.3, 0.4) is 0 Å². The summed E-state index contributed by atoms with van der Waals surface area (Å²) in [6.07, 6.45) is 0.675. The standard InChI is InChI=1S/C10H13N3O5S/c1-19(17,18)6-2-3-7(8(11)5-10(12)14)9(4-6)13(15)16/h2-4,8H,5,11H2,1H3,(H2,12,14). The highest BCUT2D eigenvalue weighted by atomic mass is 32.2. The smallest absolute Gasteiger partial charge is 0.275 e. The second-order valence-corrected chi connectivity index (χ2v) is 6.04. The Morgan fingerprint density at radius 2 is 2.05 bits per heavy atom. The van der Waals surface area contributed by atoms with Crippen molar-refractivity contribution in [2.45, 2.75) is 17.4 Å². The molecule has 0 saturated heterocycles. The third-order valence-corrected chi connectivity index (χ3v) is 3.56. The van der Waals surface area contributed by atoms with Crippen molar-refractivity contribution in [2.75, 3.05) is 6.26 Å². The van der Waals surface area contributed by atoms with E-state index in [4.69, 9.17) is 11.5 Å². The highest BCUT2D eigenvalue weighted by molar-refractivity contribution is 7.90. The molecule has 0 aliphatic heterocycles.